The normalized spacial score (nSPS) is 18.8. The minimum atomic E-state index is -0.507. The first-order valence-electron chi connectivity index (χ1n) is 13.8. The van der Waals surface area contributed by atoms with Crippen LogP contribution in [0.5, 0.6) is 0 Å². The summed E-state index contributed by atoms with van der Waals surface area (Å²) < 4.78 is 6.74. The summed E-state index contributed by atoms with van der Waals surface area (Å²) in [7, 11) is 0. The Morgan fingerprint density at radius 1 is 1.17 bits per heavy atom. The molecule has 4 aromatic heterocycles. The minimum Gasteiger partial charge on any atom is -0.408 e. The van der Waals surface area contributed by atoms with Crippen LogP contribution in [-0.4, -0.2) is 62.0 Å². The second kappa shape index (κ2) is 10.3. The van der Waals surface area contributed by atoms with Gasteiger partial charge in [0.15, 0.2) is 5.58 Å². The first-order chi connectivity index (χ1) is 19.9. The highest BCUT2D eigenvalue weighted by molar-refractivity contribution is 7.21. The number of carbonyl (C=O) groups is 2. The van der Waals surface area contributed by atoms with Crippen molar-refractivity contribution in [1.29, 1.82) is 0 Å². The van der Waals surface area contributed by atoms with Crippen molar-refractivity contribution in [2.24, 2.45) is 5.92 Å². The number of anilines is 1. The number of pyridine rings is 1. The van der Waals surface area contributed by atoms with Crippen molar-refractivity contribution in [3.8, 4) is 10.4 Å². The van der Waals surface area contributed by atoms with Gasteiger partial charge in [0.05, 0.1) is 39.1 Å². The Labute approximate surface area is 243 Å². The topological polar surface area (TPSA) is 138 Å². The number of carbonyl (C=O) groups excluding carboxylic acids is 2. The SMILES string of the molecule is Cc1ncc(C(=O)NCCN2CC3CCC2CC3)cc1NC(=O)c1cnn2cc(-c3ccc4oc(=O)[nH]c4c3)sc12.[HH].[HH].[HH]. The minimum absolute atomic E-state index is 0. The molecule has 0 radical (unpaired) electrons. The summed E-state index contributed by atoms with van der Waals surface area (Å²) in [5, 5.41) is 10.3. The molecule has 0 atom stereocenters. The predicted octanol–water partition coefficient (Wildman–Crippen LogP) is 4.80. The van der Waals surface area contributed by atoms with E-state index in [9.17, 15) is 14.4 Å². The van der Waals surface area contributed by atoms with E-state index in [1.54, 1.807) is 23.6 Å². The lowest BCUT2D eigenvalue weighted by molar-refractivity contribution is 0.0494. The van der Waals surface area contributed by atoms with Gasteiger partial charge >= 0.3 is 5.76 Å². The molecule has 1 aromatic carbocycles. The first-order valence-corrected chi connectivity index (χ1v) is 14.6. The van der Waals surface area contributed by atoms with Crippen LogP contribution in [0.3, 0.4) is 0 Å². The summed E-state index contributed by atoms with van der Waals surface area (Å²) in [6.07, 6.45) is 10.1. The average Bonchev–Trinajstić information content (AvgIpc) is 3.68. The summed E-state index contributed by atoms with van der Waals surface area (Å²) >= 11 is 1.41. The summed E-state index contributed by atoms with van der Waals surface area (Å²) in [5.41, 5.74) is 3.83. The van der Waals surface area contributed by atoms with Gasteiger partial charge in [0.1, 0.15) is 4.83 Å². The first kappa shape index (κ1) is 25.7. The molecule has 8 rings (SSSR count). The van der Waals surface area contributed by atoms with E-state index in [1.807, 2.05) is 18.3 Å². The molecule has 0 unspecified atom stereocenters. The van der Waals surface area contributed by atoms with Gasteiger partial charge in [0, 0.05) is 42.3 Å². The van der Waals surface area contributed by atoms with E-state index in [2.05, 4.69) is 30.6 Å². The predicted molar refractivity (Wildman–Crippen MR) is 162 cm³/mol. The van der Waals surface area contributed by atoms with Crippen molar-refractivity contribution < 1.29 is 18.3 Å². The molecule has 1 aliphatic carbocycles. The van der Waals surface area contributed by atoms with E-state index in [4.69, 9.17) is 4.42 Å². The Hall–Kier alpha value is -4.29. The molecule has 3 aliphatic rings. The number of hydrogen-bond acceptors (Lipinski definition) is 8. The smallest absolute Gasteiger partial charge is 0.408 e. The molecule has 5 aromatic rings. The summed E-state index contributed by atoms with van der Waals surface area (Å²) in [6, 6.07) is 7.73. The molecule has 2 saturated heterocycles. The molecule has 1 saturated carbocycles. The number of piperidine rings is 2. The van der Waals surface area contributed by atoms with Crippen LogP contribution in [0, 0.1) is 12.8 Å². The van der Waals surface area contributed by atoms with Gasteiger partial charge in [0.2, 0.25) is 0 Å². The molecule has 3 fully saturated rings. The molecule has 6 heterocycles. The summed E-state index contributed by atoms with van der Waals surface area (Å²) in [4.78, 5) is 48.8. The lowest BCUT2D eigenvalue weighted by atomic mass is 9.80. The Balaban J connectivity index is 0.00000147. The number of H-pyrrole nitrogens is 1. The second-order valence-electron chi connectivity index (χ2n) is 10.9. The number of hydrogen-bond donors (Lipinski definition) is 3. The van der Waals surface area contributed by atoms with E-state index in [1.165, 1.54) is 49.4 Å². The van der Waals surface area contributed by atoms with Crippen LogP contribution in [0.15, 0.2) is 52.1 Å². The third-order valence-electron chi connectivity index (χ3n) is 8.25. The van der Waals surface area contributed by atoms with Crippen molar-refractivity contribution >= 4 is 44.8 Å². The Kier molecular flexibility index (Phi) is 6.43. The van der Waals surface area contributed by atoms with Crippen molar-refractivity contribution in [1.82, 2.24) is 29.8 Å². The Morgan fingerprint density at radius 2 is 2.02 bits per heavy atom. The summed E-state index contributed by atoms with van der Waals surface area (Å²) in [6.45, 7) is 4.35. The number of thiazole rings is 1. The number of aryl methyl sites for hydroxylation is 1. The lowest BCUT2D eigenvalue weighted by Gasteiger charge is -2.45. The number of aromatic nitrogens is 4. The van der Waals surface area contributed by atoms with Crippen LogP contribution < -0.4 is 16.4 Å². The van der Waals surface area contributed by atoms with Gasteiger partial charge in [-0.15, -0.1) is 11.3 Å². The number of nitrogens with zero attached hydrogens (tertiary/aromatic N) is 4. The number of benzene rings is 1. The summed E-state index contributed by atoms with van der Waals surface area (Å²) in [5.74, 6) is -0.250. The van der Waals surface area contributed by atoms with Crippen molar-refractivity contribution in [2.45, 2.75) is 38.6 Å². The van der Waals surface area contributed by atoms with E-state index in [-0.39, 0.29) is 16.1 Å². The molecule has 41 heavy (non-hydrogen) atoms. The molecule has 11 nitrogen and oxygen atoms in total. The van der Waals surface area contributed by atoms with Crippen molar-refractivity contribution in [3.05, 3.63) is 70.2 Å². The van der Waals surface area contributed by atoms with Crippen LogP contribution in [0.4, 0.5) is 5.69 Å². The maximum Gasteiger partial charge on any atom is 0.417 e. The van der Waals surface area contributed by atoms with Crippen molar-refractivity contribution in [2.75, 3.05) is 25.0 Å². The van der Waals surface area contributed by atoms with E-state index < -0.39 is 5.76 Å². The van der Waals surface area contributed by atoms with Gasteiger partial charge in [-0.05, 0) is 68.4 Å². The molecular formula is C29H35N7O4S. The van der Waals surface area contributed by atoms with Crippen LogP contribution in [0.25, 0.3) is 26.4 Å². The van der Waals surface area contributed by atoms with Gasteiger partial charge in [-0.1, -0.05) is 0 Å². The maximum absolute atomic E-state index is 13.3. The van der Waals surface area contributed by atoms with Crippen LogP contribution >= 0.6 is 11.3 Å². The molecular weight excluding hydrogens is 542 g/mol. The second-order valence-corrected chi connectivity index (χ2v) is 11.9. The third kappa shape index (κ3) is 4.93. The van der Waals surface area contributed by atoms with Gasteiger partial charge in [-0.3, -0.25) is 24.5 Å². The van der Waals surface area contributed by atoms with E-state index in [0.29, 0.717) is 51.0 Å². The molecule has 3 N–H and O–H groups in total. The highest BCUT2D eigenvalue weighted by Gasteiger charge is 2.33. The quantitative estimate of drug-likeness (QED) is 0.253. The maximum atomic E-state index is 13.3. The largest absolute Gasteiger partial charge is 0.417 e. The van der Waals surface area contributed by atoms with Crippen LogP contribution in [0.1, 0.15) is 56.4 Å². The number of fused-ring (bicyclic) bond motifs is 5. The number of aromatic amines is 1. The molecule has 0 spiro atoms. The van der Waals surface area contributed by atoms with Gasteiger partial charge in [-0.25, -0.2) is 9.31 Å². The fourth-order valence-corrected chi connectivity index (χ4v) is 7.07. The van der Waals surface area contributed by atoms with Crippen LogP contribution in [-0.2, 0) is 0 Å². The van der Waals surface area contributed by atoms with E-state index >= 15 is 0 Å². The number of oxazole rings is 1. The Bertz CT molecular complexity index is 1860. The highest BCUT2D eigenvalue weighted by atomic mass is 32.1. The highest BCUT2D eigenvalue weighted by Crippen LogP contribution is 2.34. The zero-order valence-corrected chi connectivity index (χ0v) is 23.3. The molecule has 2 bridgehead atoms. The van der Waals surface area contributed by atoms with Gasteiger partial charge in [-0.2, -0.15) is 5.10 Å². The molecule has 216 valence electrons. The monoisotopic (exact) mass is 577 g/mol. The average molecular weight is 578 g/mol. The Morgan fingerprint density at radius 3 is 2.83 bits per heavy atom. The fourth-order valence-electron chi connectivity index (χ4n) is 6.02. The number of rotatable bonds is 7. The third-order valence-corrected chi connectivity index (χ3v) is 9.41. The van der Waals surface area contributed by atoms with Crippen LogP contribution in [0.2, 0.25) is 0 Å². The molecule has 12 heteroatoms. The lowest BCUT2D eigenvalue weighted by Crippen LogP contribution is -2.50. The number of nitrogens with one attached hydrogen (secondary N) is 3. The zero-order valence-electron chi connectivity index (χ0n) is 22.5. The molecule has 2 amide bonds. The molecule has 2 aliphatic heterocycles. The van der Waals surface area contributed by atoms with Crippen molar-refractivity contribution in [3.63, 3.8) is 0 Å². The fraction of sp³-hybridized carbons (Fsp3) is 0.345. The van der Waals surface area contributed by atoms with Gasteiger partial charge < -0.3 is 15.1 Å². The standard InChI is InChI=1S/C29H29N7O4S.3H2/c1-16-22(11-19(12-31-16)26(37)30-8-9-35-14-17-2-5-20(35)6-3-17)33-27(38)21-13-32-36-15-25(41-28(21)36)18-4-7-24-23(10-18)34-29(39)40-24;;;/h4,7,10-13,15,17,20H,2-3,5-6,8-9,14H2,1H3,(H,30,37)(H,33,38)(H,34,39);3*1H. The zero-order chi connectivity index (χ0) is 28.1. The van der Waals surface area contributed by atoms with E-state index in [0.717, 1.165) is 29.4 Å². The number of amides is 2. The van der Waals surface area contributed by atoms with Gasteiger partial charge in [0.25, 0.3) is 11.8 Å².